The molecule has 3 unspecified atom stereocenters. The van der Waals surface area contributed by atoms with E-state index in [-0.39, 0.29) is 35.0 Å². The molecule has 42 heavy (non-hydrogen) atoms. The maximum Gasteiger partial charge on any atom is 0.339 e. The Morgan fingerprint density at radius 2 is 1.67 bits per heavy atom. The first-order valence-electron chi connectivity index (χ1n) is 14.1. The van der Waals surface area contributed by atoms with Crippen molar-refractivity contribution in [1.82, 2.24) is 4.98 Å². The van der Waals surface area contributed by atoms with Crippen LogP contribution in [0.2, 0.25) is 5.02 Å². The van der Waals surface area contributed by atoms with Crippen LogP contribution < -0.4 is 4.90 Å². The van der Waals surface area contributed by atoms with Crippen molar-refractivity contribution >= 4 is 51.8 Å². The number of rotatable bonds is 6. The Hall–Kier alpha value is -4.36. The predicted molar refractivity (Wildman–Crippen MR) is 160 cm³/mol. The van der Waals surface area contributed by atoms with Crippen molar-refractivity contribution in [2.75, 3.05) is 11.5 Å². The van der Waals surface area contributed by atoms with E-state index in [4.69, 9.17) is 21.3 Å². The number of para-hydroxylation sites is 1. The highest BCUT2D eigenvalue weighted by Gasteiger charge is 2.49. The molecule has 6 rings (SSSR count). The number of ether oxygens (including phenoxy) is 1. The smallest absolute Gasteiger partial charge is 0.339 e. The molecule has 0 spiro atoms. The summed E-state index contributed by atoms with van der Waals surface area (Å²) in [6.45, 7) is 3.62. The van der Waals surface area contributed by atoms with Gasteiger partial charge in [-0.05, 0) is 80.1 Å². The van der Waals surface area contributed by atoms with Gasteiger partial charge in [0.15, 0.2) is 12.4 Å². The van der Waals surface area contributed by atoms with Crippen molar-refractivity contribution in [3.63, 3.8) is 0 Å². The number of aromatic nitrogens is 1. The lowest BCUT2D eigenvalue weighted by Gasteiger charge is -2.25. The van der Waals surface area contributed by atoms with Crippen LogP contribution in [-0.2, 0) is 14.3 Å². The number of benzene rings is 3. The lowest BCUT2D eigenvalue weighted by Crippen LogP contribution is -2.30. The van der Waals surface area contributed by atoms with Gasteiger partial charge in [-0.3, -0.25) is 19.3 Å². The van der Waals surface area contributed by atoms with Crippen LogP contribution in [-0.4, -0.2) is 35.2 Å². The fraction of sp³-hybridized carbons (Fsp3) is 0.265. The summed E-state index contributed by atoms with van der Waals surface area (Å²) < 4.78 is 5.45. The van der Waals surface area contributed by atoms with Gasteiger partial charge in [0.05, 0.1) is 34.3 Å². The van der Waals surface area contributed by atoms with E-state index in [0.717, 1.165) is 24.8 Å². The largest absolute Gasteiger partial charge is 0.454 e. The number of anilines is 1. The van der Waals surface area contributed by atoms with Gasteiger partial charge >= 0.3 is 5.97 Å². The summed E-state index contributed by atoms with van der Waals surface area (Å²) in [5, 5.41) is 1.12. The molecule has 212 valence electrons. The van der Waals surface area contributed by atoms with E-state index < -0.39 is 12.6 Å². The molecule has 0 N–H and O–H groups in total. The molecule has 3 atom stereocenters. The lowest BCUT2D eigenvalue weighted by molar-refractivity contribution is -0.122. The molecule has 8 heteroatoms. The van der Waals surface area contributed by atoms with Gasteiger partial charge < -0.3 is 4.74 Å². The molecular formula is C34H29ClN2O5. The molecule has 2 aliphatic rings. The Kier molecular flexibility index (Phi) is 7.37. The SMILES string of the molecule is Cc1cccc2c(C(=O)OCC(=O)c3ccc(Cl)cc3)cc(-c3ccc(N4C(=O)C5CCC(C)CC5C4=O)cc3)nc12. The number of carbonyl (C=O) groups excluding carboxylic acids is 4. The molecule has 3 aromatic carbocycles. The Morgan fingerprint density at radius 1 is 0.952 bits per heavy atom. The summed E-state index contributed by atoms with van der Waals surface area (Å²) in [5.41, 5.74) is 3.97. The van der Waals surface area contributed by atoms with Crippen LogP contribution >= 0.6 is 11.6 Å². The van der Waals surface area contributed by atoms with Crippen LogP contribution in [0, 0.1) is 24.7 Å². The van der Waals surface area contributed by atoms with Crippen molar-refractivity contribution in [2.24, 2.45) is 17.8 Å². The second-order valence-electron chi connectivity index (χ2n) is 11.2. The monoisotopic (exact) mass is 580 g/mol. The van der Waals surface area contributed by atoms with E-state index in [1.807, 2.05) is 19.1 Å². The van der Waals surface area contributed by atoms with Crippen LogP contribution in [0.1, 0.15) is 52.5 Å². The zero-order valence-electron chi connectivity index (χ0n) is 23.3. The van der Waals surface area contributed by atoms with Crippen LogP contribution in [0.25, 0.3) is 22.2 Å². The number of aryl methyl sites for hydroxylation is 1. The number of esters is 1. The number of ketones is 1. The number of hydrogen-bond acceptors (Lipinski definition) is 6. The minimum Gasteiger partial charge on any atom is -0.454 e. The second-order valence-corrected chi connectivity index (χ2v) is 11.7. The minimum atomic E-state index is -0.640. The van der Waals surface area contributed by atoms with E-state index in [1.54, 1.807) is 60.7 Å². The first kappa shape index (κ1) is 27.8. The van der Waals surface area contributed by atoms with Gasteiger partial charge in [0.1, 0.15) is 0 Å². The third kappa shape index (κ3) is 5.09. The average molecular weight is 581 g/mol. The van der Waals surface area contributed by atoms with E-state index in [9.17, 15) is 19.2 Å². The van der Waals surface area contributed by atoms with Gasteiger partial charge in [0.25, 0.3) is 0 Å². The minimum absolute atomic E-state index is 0.123. The van der Waals surface area contributed by atoms with Gasteiger partial charge in [-0.1, -0.05) is 48.9 Å². The number of Topliss-reactive ketones (excluding diaryl/α,β-unsaturated/α-hetero) is 1. The molecule has 1 saturated heterocycles. The molecule has 0 radical (unpaired) electrons. The second kappa shape index (κ2) is 11.1. The molecule has 2 amide bonds. The zero-order chi connectivity index (χ0) is 29.5. The maximum atomic E-state index is 13.3. The fourth-order valence-corrected chi connectivity index (χ4v) is 6.19. The van der Waals surface area contributed by atoms with Gasteiger partial charge in [0.2, 0.25) is 11.8 Å². The number of nitrogens with zero attached hydrogens (tertiary/aromatic N) is 2. The number of hydrogen-bond donors (Lipinski definition) is 0. The summed E-state index contributed by atoms with van der Waals surface area (Å²) in [6.07, 6.45) is 2.45. The molecule has 1 aromatic heterocycles. The molecule has 1 aliphatic heterocycles. The van der Waals surface area contributed by atoms with Crippen LogP contribution in [0.4, 0.5) is 5.69 Å². The van der Waals surface area contributed by atoms with E-state index in [1.165, 1.54) is 4.90 Å². The van der Waals surface area contributed by atoms with Crippen LogP contribution in [0.5, 0.6) is 0 Å². The Balaban J connectivity index is 1.28. The highest BCUT2D eigenvalue weighted by molar-refractivity contribution is 6.30. The number of halogens is 1. The summed E-state index contributed by atoms with van der Waals surface area (Å²) in [7, 11) is 0. The zero-order valence-corrected chi connectivity index (χ0v) is 24.1. The van der Waals surface area contributed by atoms with Gasteiger partial charge in [-0.25, -0.2) is 9.78 Å². The Morgan fingerprint density at radius 3 is 2.40 bits per heavy atom. The first-order valence-corrected chi connectivity index (χ1v) is 14.4. The molecule has 0 bridgehead atoms. The quantitative estimate of drug-likeness (QED) is 0.141. The van der Waals surface area contributed by atoms with Crippen molar-refractivity contribution in [2.45, 2.75) is 33.1 Å². The third-order valence-electron chi connectivity index (χ3n) is 8.37. The molecule has 2 fully saturated rings. The summed E-state index contributed by atoms with van der Waals surface area (Å²) >= 11 is 5.91. The summed E-state index contributed by atoms with van der Waals surface area (Å²) in [6, 6.07) is 20.7. The maximum absolute atomic E-state index is 13.3. The fourth-order valence-electron chi connectivity index (χ4n) is 6.06. The lowest BCUT2D eigenvalue weighted by atomic mass is 9.76. The summed E-state index contributed by atoms with van der Waals surface area (Å²) in [4.78, 5) is 58.4. The Labute approximate surface area is 248 Å². The van der Waals surface area contributed by atoms with Crippen molar-refractivity contribution < 1.29 is 23.9 Å². The molecule has 1 aliphatic carbocycles. The normalized spacial score (nSPS) is 20.1. The number of fused-ring (bicyclic) bond motifs is 2. The summed E-state index contributed by atoms with van der Waals surface area (Å²) in [5.74, 6) is -1.28. The molecule has 1 saturated carbocycles. The molecule has 2 heterocycles. The first-order chi connectivity index (χ1) is 20.2. The standard InChI is InChI=1S/C34H29ClN2O5/c1-19-6-15-26-27(16-19)33(40)37(32(26)39)24-13-9-21(10-14-24)29-17-28(25-5-3-4-20(2)31(25)36-29)34(41)42-18-30(38)22-7-11-23(35)12-8-22/h3-5,7-14,17,19,26-27H,6,15-16,18H2,1-2H3. The van der Waals surface area contributed by atoms with Crippen LogP contribution in [0.3, 0.4) is 0 Å². The predicted octanol–water partition coefficient (Wildman–Crippen LogP) is 6.83. The van der Waals surface area contributed by atoms with E-state index in [0.29, 0.717) is 44.4 Å². The van der Waals surface area contributed by atoms with Crippen molar-refractivity contribution in [1.29, 1.82) is 0 Å². The van der Waals surface area contributed by atoms with E-state index >= 15 is 0 Å². The topological polar surface area (TPSA) is 93.6 Å². The van der Waals surface area contributed by atoms with Gasteiger partial charge in [0, 0.05) is 21.5 Å². The Bertz CT molecular complexity index is 1730. The van der Waals surface area contributed by atoms with Crippen LogP contribution in [0.15, 0.2) is 72.8 Å². The molecule has 7 nitrogen and oxygen atoms in total. The number of amides is 2. The van der Waals surface area contributed by atoms with Crippen molar-refractivity contribution in [3.8, 4) is 11.3 Å². The highest BCUT2D eigenvalue weighted by Crippen LogP contribution is 2.42. The van der Waals surface area contributed by atoms with Gasteiger partial charge in [-0.2, -0.15) is 0 Å². The van der Waals surface area contributed by atoms with Gasteiger partial charge in [-0.15, -0.1) is 0 Å². The van der Waals surface area contributed by atoms with Crippen molar-refractivity contribution in [3.05, 3.63) is 94.5 Å². The number of carbonyl (C=O) groups is 4. The molecular weight excluding hydrogens is 552 g/mol. The average Bonchev–Trinajstić information content (AvgIpc) is 3.24. The molecule has 4 aromatic rings. The van der Waals surface area contributed by atoms with E-state index in [2.05, 4.69) is 6.92 Å². The third-order valence-corrected chi connectivity index (χ3v) is 8.62. The highest BCUT2D eigenvalue weighted by atomic mass is 35.5. The number of pyridine rings is 1. The number of imide groups is 1.